The van der Waals surface area contributed by atoms with Crippen LogP contribution in [0, 0.1) is 0 Å². The third-order valence-electron chi connectivity index (χ3n) is 4.72. The molecule has 0 amide bonds. The van der Waals surface area contributed by atoms with Crippen LogP contribution in [0.1, 0.15) is 0 Å². The predicted octanol–water partition coefficient (Wildman–Crippen LogP) is 7.76. The zero-order chi connectivity index (χ0) is 19.1. The van der Waals surface area contributed by atoms with Gasteiger partial charge in [0.2, 0.25) is 0 Å². The first-order chi connectivity index (χ1) is 13.7. The van der Waals surface area contributed by atoms with Crippen LogP contribution in [-0.2, 0) is 0 Å². The molecule has 5 aromatic rings. The minimum Gasteiger partial charge on any atom is -0.506 e. The highest BCUT2D eigenvalue weighted by Gasteiger charge is 2.20. The van der Waals surface area contributed by atoms with Gasteiger partial charge in [0, 0.05) is 26.6 Å². The molecule has 136 valence electrons. The third kappa shape index (κ3) is 2.84. The first kappa shape index (κ1) is 17.2. The van der Waals surface area contributed by atoms with E-state index in [1.807, 2.05) is 84.9 Å². The molecular formula is C24H15ClO2S. The molecule has 0 aliphatic carbocycles. The van der Waals surface area contributed by atoms with Gasteiger partial charge in [0.25, 0.3) is 0 Å². The number of phenols is 1. The van der Waals surface area contributed by atoms with Crippen LogP contribution >= 0.6 is 23.4 Å². The molecule has 0 aliphatic rings. The number of fused-ring (bicyclic) bond motifs is 3. The molecule has 0 spiro atoms. The van der Waals surface area contributed by atoms with Crippen molar-refractivity contribution >= 4 is 45.1 Å². The van der Waals surface area contributed by atoms with E-state index in [9.17, 15) is 5.11 Å². The molecule has 5 rings (SSSR count). The smallest absolute Gasteiger partial charge is 0.144 e. The van der Waals surface area contributed by atoms with Crippen LogP contribution < -0.4 is 0 Å². The van der Waals surface area contributed by atoms with Crippen LogP contribution in [0.5, 0.6) is 5.75 Å². The van der Waals surface area contributed by atoms with E-state index in [1.165, 1.54) is 11.8 Å². The maximum Gasteiger partial charge on any atom is 0.144 e. The number of halogens is 1. The number of rotatable bonds is 3. The Bertz CT molecular complexity index is 1310. The van der Waals surface area contributed by atoms with Gasteiger partial charge in [-0.3, -0.25) is 0 Å². The Morgan fingerprint density at radius 2 is 1.43 bits per heavy atom. The molecule has 1 aromatic heterocycles. The van der Waals surface area contributed by atoms with E-state index in [4.69, 9.17) is 16.0 Å². The number of hydrogen-bond acceptors (Lipinski definition) is 3. The molecule has 0 radical (unpaired) electrons. The maximum absolute atomic E-state index is 11.1. The fourth-order valence-electron chi connectivity index (χ4n) is 3.40. The van der Waals surface area contributed by atoms with Gasteiger partial charge >= 0.3 is 0 Å². The molecular weight excluding hydrogens is 388 g/mol. The Morgan fingerprint density at radius 3 is 2.21 bits per heavy atom. The van der Waals surface area contributed by atoms with Gasteiger partial charge in [0.15, 0.2) is 0 Å². The number of aromatic hydroxyl groups is 1. The normalized spacial score (nSPS) is 11.3. The monoisotopic (exact) mass is 402 g/mol. The van der Waals surface area contributed by atoms with Crippen molar-refractivity contribution < 1.29 is 9.52 Å². The van der Waals surface area contributed by atoms with E-state index in [2.05, 4.69) is 0 Å². The molecule has 0 atom stereocenters. The summed E-state index contributed by atoms with van der Waals surface area (Å²) in [6.07, 6.45) is 0. The molecule has 0 aliphatic heterocycles. The number of phenolic OH excluding ortho intramolecular Hbond substituents is 1. The van der Waals surface area contributed by atoms with E-state index in [-0.39, 0.29) is 5.75 Å². The van der Waals surface area contributed by atoms with Crippen molar-refractivity contribution in [3.63, 3.8) is 0 Å². The van der Waals surface area contributed by atoms with Crippen LogP contribution in [-0.4, -0.2) is 5.11 Å². The van der Waals surface area contributed by atoms with Crippen molar-refractivity contribution in [2.24, 2.45) is 0 Å². The van der Waals surface area contributed by atoms with Gasteiger partial charge in [0.05, 0.1) is 9.92 Å². The van der Waals surface area contributed by atoms with Gasteiger partial charge in [-0.25, -0.2) is 0 Å². The topological polar surface area (TPSA) is 33.4 Å². The summed E-state index contributed by atoms with van der Waals surface area (Å²) < 4.78 is 6.27. The molecule has 0 bridgehead atoms. The molecule has 4 aromatic carbocycles. The summed E-state index contributed by atoms with van der Waals surface area (Å²) in [4.78, 5) is 1.83. The molecule has 2 nitrogen and oxygen atoms in total. The highest BCUT2D eigenvalue weighted by molar-refractivity contribution is 7.99. The molecule has 4 heteroatoms. The van der Waals surface area contributed by atoms with Gasteiger partial charge in [-0.2, -0.15) is 0 Å². The van der Waals surface area contributed by atoms with Crippen molar-refractivity contribution in [1.29, 1.82) is 0 Å². The minimum atomic E-state index is 0.267. The van der Waals surface area contributed by atoms with E-state index >= 15 is 0 Å². The average Bonchev–Trinajstić information content (AvgIpc) is 3.17. The number of furan rings is 1. The van der Waals surface area contributed by atoms with Gasteiger partial charge in [-0.15, -0.1) is 0 Å². The third-order valence-corrected chi connectivity index (χ3v) is 6.18. The standard InChI is InChI=1S/C24H15ClO2S/c25-20-13-7-6-12-18(20)21-14-19-23(27-21)17-11-5-4-10-16(17)22(26)24(19)28-15-8-2-1-3-9-15/h1-14,26H. The lowest BCUT2D eigenvalue weighted by molar-refractivity contribution is 0.470. The van der Waals surface area contributed by atoms with E-state index in [1.54, 1.807) is 0 Å². The van der Waals surface area contributed by atoms with Crippen LogP contribution in [0.4, 0.5) is 0 Å². The molecule has 0 saturated carbocycles. The van der Waals surface area contributed by atoms with Crippen molar-refractivity contribution in [3.8, 4) is 17.1 Å². The summed E-state index contributed by atoms with van der Waals surface area (Å²) in [6.45, 7) is 0. The predicted molar refractivity (Wildman–Crippen MR) is 116 cm³/mol. The molecule has 0 unspecified atom stereocenters. The van der Waals surface area contributed by atoms with E-state index in [0.717, 1.165) is 37.1 Å². The lowest BCUT2D eigenvalue weighted by atomic mass is 10.1. The fourth-order valence-corrected chi connectivity index (χ4v) is 4.63. The summed E-state index contributed by atoms with van der Waals surface area (Å²) in [6, 6.07) is 27.3. The van der Waals surface area contributed by atoms with Crippen LogP contribution in [0.15, 0.2) is 99.1 Å². The second-order valence-electron chi connectivity index (χ2n) is 6.47. The molecule has 0 fully saturated rings. The average molecular weight is 403 g/mol. The van der Waals surface area contributed by atoms with Crippen LogP contribution in [0.2, 0.25) is 5.02 Å². The SMILES string of the molecule is Oc1c(Sc2ccccc2)c2cc(-c3ccccc3Cl)oc2c2ccccc12. The van der Waals surface area contributed by atoms with Crippen molar-refractivity contribution in [1.82, 2.24) is 0 Å². The number of benzene rings is 4. The van der Waals surface area contributed by atoms with Gasteiger partial charge in [0.1, 0.15) is 17.1 Å². The molecule has 0 saturated heterocycles. The summed E-state index contributed by atoms with van der Waals surface area (Å²) in [5.74, 6) is 0.953. The van der Waals surface area contributed by atoms with Gasteiger partial charge in [-0.05, 0) is 30.3 Å². The van der Waals surface area contributed by atoms with E-state index in [0.29, 0.717) is 10.8 Å². The minimum absolute atomic E-state index is 0.267. The highest BCUT2D eigenvalue weighted by Crippen LogP contribution is 2.47. The van der Waals surface area contributed by atoms with Crippen molar-refractivity contribution in [2.75, 3.05) is 0 Å². The first-order valence-corrected chi connectivity index (χ1v) is 10.1. The van der Waals surface area contributed by atoms with Crippen molar-refractivity contribution in [3.05, 3.63) is 90.0 Å². The number of hydrogen-bond donors (Lipinski definition) is 1. The lowest BCUT2D eigenvalue weighted by Crippen LogP contribution is -1.81. The summed E-state index contributed by atoms with van der Waals surface area (Å²) in [5, 5.41) is 14.2. The van der Waals surface area contributed by atoms with Gasteiger partial charge < -0.3 is 9.52 Å². The highest BCUT2D eigenvalue weighted by atomic mass is 35.5. The molecule has 1 N–H and O–H groups in total. The Morgan fingerprint density at radius 1 is 0.750 bits per heavy atom. The largest absolute Gasteiger partial charge is 0.506 e. The Labute approximate surface area is 171 Å². The second-order valence-corrected chi connectivity index (χ2v) is 7.96. The molecule has 28 heavy (non-hydrogen) atoms. The van der Waals surface area contributed by atoms with Crippen molar-refractivity contribution in [2.45, 2.75) is 9.79 Å². The zero-order valence-electron chi connectivity index (χ0n) is 14.7. The van der Waals surface area contributed by atoms with Crippen LogP contribution in [0.3, 0.4) is 0 Å². The zero-order valence-corrected chi connectivity index (χ0v) is 16.3. The summed E-state index contributed by atoms with van der Waals surface area (Å²) in [7, 11) is 0. The Balaban J connectivity index is 1.82. The first-order valence-electron chi connectivity index (χ1n) is 8.87. The summed E-state index contributed by atoms with van der Waals surface area (Å²) in [5.41, 5.74) is 1.58. The Hall–Kier alpha value is -2.88. The summed E-state index contributed by atoms with van der Waals surface area (Å²) >= 11 is 7.92. The quantitative estimate of drug-likeness (QED) is 0.334. The lowest BCUT2D eigenvalue weighted by Gasteiger charge is -2.09. The molecule has 1 heterocycles. The van der Waals surface area contributed by atoms with E-state index < -0.39 is 0 Å². The maximum atomic E-state index is 11.1. The van der Waals surface area contributed by atoms with Crippen LogP contribution in [0.25, 0.3) is 33.1 Å². The fraction of sp³-hybridized carbons (Fsp3) is 0. The second kappa shape index (κ2) is 6.93. The Kier molecular flexibility index (Phi) is 4.27. The van der Waals surface area contributed by atoms with Gasteiger partial charge in [-0.1, -0.05) is 78.0 Å².